The summed E-state index contributed by atoms with van der Waals surface area (Å²) in [5.41, 5.74) is 1.11. The lowest BCUT2D eigenvalue weighted by molar-refractivity contribution is -0.771. The first-order chi connectivity index (χ1) is 8.22. The molecular weight excluding hydrogens is 218 g/mol. The Kier molecular flexibility index (Phi) is 3.64. The van der Waals surface area contributed by atoms with E-state index in [9.17, 15) is 5.21 Å². The van der Waals surface area contributed by atoms with Crippen molar-refractivity contribution in [3.8, 4) is 0 Å². The number of rotatable bonds is 3. The third-order valence-electron chi connectivity index (χ3n) is 3.00. The Morgan fingerprint density at radius 3 is 2.71 bits per heavy atom. The topological polar surface area (TPSA) is 44.5 Å². The van der Waals surface area contributed by atoms with Gasteiger partial charge in [-0.15, -0.1) is 0 Å². The Balaban J connectivity index is 2.24. The number of hydrogen-bond acceptors (Lipinski definition) is 3. The molecule has 1 aliphatic heterocycles. The van der Waals surface area contributed by atoms with Crippen LogP contribution in [0.15, 0.2) is 30.3 Å². The highest BCUT2D eigenvalue weighted by Gasteiger charge is 2.33. The number of nitrogens with zero attached hydrogens (tertiary/aromatic N) is 1. The van der Waals surface area contributed by atoms with Crippen LogP contribution in [0.2, 0.25) is 0 Å². The van der Waals surface area contributed by atoms with Crippen LogP contribution in [0.25, 0.3) is 0 Å². The molecule has 0 radical (unpaired) electrons. The van der Waals surface area contributed by atoms with E-state index in [1.165, 1.54) is 0 Å². The van der Waals surface area contributed by atoms with Gasteiger partial charge in [0.25, 0.3) is 0 Å². The molecule has 0 N–H and O–H groups in total. The lowest BCUT2D eigenvalue weighted by atomic mass is 9.87. The molecule has 0 bridgehead atoms. The van der Waals surface area contributed by atoms with Crippen molar-refractivity contribution >= 4 is 6.21 Å². The summed E-state index contributed by atoms with van der Waals surface area (Å²) < 4.78 is 5.43. The average molecular weight is 235 g/mol. The summed E-state index contributed by atoms with van der Waals surface area (Å²) in [6, 6.07) is 9.93. The second kappa shape index (κ2) is 5.19. The average Bonchev–Trinajstić information content (AvgIpc) is 2.35. The highest BCUT2D eigenvalue weighted by atomic mass is 16.9. The fraction of sp³-hybridized carbons (Fsp3) is 0.462. The zero-order valence-corrected chi connectivity index (χ0v) is 10.1. The highest BCUT2D eigenvalue weighted by Crippen LogP contribution is 2.30. The van der Waals surface area contributed by atoms with Crippen LogP contribution in [0.3, 0.4) is 0 Å². The molecule has 2 rings (SSSR count). The van der Waals surface area contributed by atoms with Gasteiger partial charge in [-0.05, 0) is 12.5 Å². The summed E-state index contributed by atoms with van der Waals surface area (Å²) in [4.78, 5) is 5.60. The van der Waals surface area contributed by atoms with Crippen molar-refractivity contribution in [3.05, 3.63) is 41.1 Å². The minimum absolute atomic E-state index is 0.0269. The molecule has 0 saturated carbocycles. The van der Waals surface area contributed by atoms with Gasteiger partial charge in [-0.25, -0.2) is 0 Å². The van der Waals surface area contributed by atoms with Crippen molar-refractivity contribution in [2.24, 2.45) is 5.92 Å². The van der Waals surface area contributed by atoms with Gasteiger partial charge in [-0.3, -0.25) is 5.21 Å². The van der Waals surface area contributed by atoms with E-state index >= 15 is 0 Å². The molecule has 4 nitrogen and oxygen atoms in total. The predicted octanol–water partition coefficient (Wildman–Crippen LogP) is 2.30. The Morgan fingerprint density at radius 2 is 2.06 bits per heavy atom. The van der Waals surface area contributed by atoms with Gasteiger partial charge in [0.2, 0.25) is 6.21 Å². The zero-order valence-electron chi connectivity index (χ0n) is 10.1. The highest BCUT2D eigenvalue weighted by molar-refractivity contribution is 5.64. The standard InChI is InChI=1S/C13H17NO3/c1-3-16-13-10(2)12(9-14(15)17-13)11-7-5-4-6-8-11/h4-10,12-13H,3H2,1-2H3/t10-,12-,13-/m0/s1. The summed E-state index contributed by atoms with van der Waals surface area (Å²) >= 11 is 0. The molecule has 1 aromatic rings. The molecule has 0 aliphatic carbocycles. The SMILES string of the molecule is CCO[C@H]1O[N+]([O-])=C[C@H](c2ccccc2)[C@@H]1C. The van der Waals surface area contributed by atoms with Crippen LogP contribution in [0.1, 0.15) is 25.3 Å². The molecule has 0 saturated heterocycles. The van der Waals surface area contributed by atoms with Gasteiger partial charge in [0.05, 0.1) is 5.92 Å². The summed E-state index contributed by atoms with van der Waals surface area (Å²) in [7, 11) is 0. The molecule has 1 aromatic carbocycles. The van der Waals surface area contributed by atoms with Crippen molar-refractivity contribution in [2.75, 3.05) is 6.61 Å². The second-order valence-electron chi connectivity index (χ2n) is 4.16. The van der Waals surface area contributed by atoms with Crippen LogP contribution in [-0.2, 0) is 9.57 Å². The first kappa shape index (κ1) is 11.9. The minimum atomic E-state index is -0.479. The summed E-state index contributed by atoms with van der Waals surface area (Å²) in [6.07, 6.45) is 1.07. The molecule has 0 fully saturated rings. The van der Waals surface area contributed by atoms with Gasteiger partial charge in [0.15, 0.2) is 6.29 Å². The molecule has 92 valence electrons. The summed E-state index contributed by atoms with van der Waals surface area (Å²) in [5, 5.41) is 11.4. The van der Waals surface area contributed by atoms with Crippen LogP contribution in [-0.4, -0.2) is 24.0 Å². The van der Waals surface area contributed by atoms with Crippen LogP contribution in [0, 0.1) is 11.1 Å². The van der Waals surface area contributed by atoms with Crippen LogP contribution < -0.4 is 0 Å². The van der Waals surface area contributed by atoms with Gasteiger partial charge >= 0.3 is 0 Å². The van der Waals surface area contributed by atoms with Gasteiger partial charge < -0.3 is 9.57 Å². The summed E-state index contributed by atoms with van der Waals surface area (Å²) in [5.74, 6) is 0.140. The van der Waals surface area contributed by atoms with Crippen molar-refractivity contribution in [1.29, 1.82) is 0 Å². The van der Waals surface area contributed by atoms with E-state index in [0.717, 1.165) is 5.56 Å². The molecular formula is C13H17NO3. The van der Waals surface area contributed by atoms with Crippen molar-refractivity contribution in [1.82, 2.24) is 0 Å². The number of benzene rings is 1. The molecule has 17 heavy (non-hydrogen) atoms. The van der Waals surface area contributed by atoms with Gasteiger partial charge in [-0.2, -0.15) is 0 Å². The maximum absolute atomic E-state index is 11.4. The predicted molar refractivity (Wildman–Crippen MR) is 64.5 cm³/mol. The molecule has 1 aliphatic rings. The maximum atomic E-state index is 11.4. The van der Waals surface area contributed by atoms with E-state index in [0.29, 0.717) is 11.5 Å². The van der Waals surface area contributed by atoms with Crippen molar-refractivity contribution < 1.29 is 14.5 Å². The third kappa shape index (κ3) is 2.58. The van der Waals surface area contributed by atoms with Crippen LogP contribution in [0.5, 0.6) is 0 Å². The molecule has 0 amide bonds. The summed E-state index contributed by atoms with van der Waals surface area (Å²) in [6.45, 7) is 4.45. The van der Waals surface area contributed by atoms with Gasteiger partial charge in [-0.1, -0.05) is 37.3 Å². The van der Waals surface area contributed by atoms with Crippen molar-refractivity contribution in [3.63, 3.8) is 0 Å². The van der Waals surface area contributed by atoms with Crippen LogP contribution >= 0.6 is 0 Å². The largest absolute Gasteiger partial charge is 0.372 e. The first-order valence-electron chi connectivity index (χ1n) is 5.87. The molecule has 4 heteroatoms. The van der Waals surface area contributed by atoms with Crippen LogP contribution in [0.4, 0.5) is 0 Å². The van der Waals surface area contributed by atoms with Gasteiger partial charge in [0.1, 0.15) is 0 Å². The fourth-order valence-corrected chi connectivity index (χ4v) is 2.08. The molecule has 1 heterocycles. The Hall–Kier alpha value is -1.55. The van der Waals surface area contributed by atoms with E-state index in [-0.39, 0.29) is 11.8 Å². The molecule has 3 atom stereocenters. The normalized spacial score (nSPS) is 28.4. The van der Waals surface area contributed by atoms with E-state index in [1.807, 2.05) is 44.2 Å². The molecule has 0 aromatic heterocycles. The smallest absolute Gasteiger partial charge is 0.218 e. The number of hydrogen-bond donors (Lipinski definition) is 0. The minimum Gasteiger partial charge on any atom is -0.372 e. The monoisotopic (exact) mass is 235 g/mol. The van der Waals surface area contributed by atoms with E-state index in [2.05, 4.69) is 0 Å². The van der Waals surface area contributed by atoms with E-state index < -0.39 is 6.29 Å². The maximum Gasteiger partial charge on any atom is 0.218 e. The van der Waals surface area contributed by atoms with E-state index in [1.54, 1.807) is 6.21 Å². The van der Waals surface area contributed by atoms with Gasteiger partial charge in [0, 0.05) is 17.4 Å². The first-order valence-corrected chi connectivity index (χ1v) is 5.87. The molecule has 0 spiro atoms. The quantitative estimate of drug-likeness (QED) is 0.755. The second-order valence-corrected chi connectivity index (χ2v) is 4.16. The fourth-order valence-electron chi connectivity index (χ4n) is 2.08. The molecule has 0 unspecified atom stereocenters. The Labute approximate surface area is 101 Å². The number of ether oxygens (including phenoxy) is 1. The van der Waals surface area contributed by atoms with E-state index in [4.69, 9.17) is 9.57 Å². The lowest BCUT2D eigenvalue weighted by Gasteiger charge is -2.32. The lowest BCUT2D eigenvalue weighted by Crippen LogP contribution is -2.38. The third-order valence-corrected chi connectivity index (χ3v) is 3.00. The zero-order chi connectivity index (χ0) is 12.3. The Bertz CT molecular complexity index is 391. The Morgan fingerprint density at radius 1 is 1.35 bits per heavy atom. The van der Waals surface area contributed by atoms with Crippen molar-refractivity contribution in [2.45, 2.75) is 26.1 Å².